The molecule has 1 heterocycles. The van der Waals surface area contributed by atoms with Crippen molar-refractivity contribution in [2.75, 3.05) is 33.3 Å². The minimum absolute atomic E-state index is 0.0280. The van der Waals surface area contributed by atoms with Crippen molar-refractivity contribution in [2.24, 2.45) is 16.6 Å². The molecule has 0 saturated carbocycles. The first-order valence-electron chi connectivity index (χ1n) is 10.5. The van der Waals surface area contributed by atoms with E-state index in [0.717, 1.165) is 31.5 Å². The molecule has 2 aromatic carbocycles. The number of halogens is 2. The highest BCUT2D eigenvalue weighted by Crippen LogP contribution is 2.24. The predicted octanol–water partition coefficient (Wildman–Crippen LogP) is 3.71. The van der Waals surface area contributed by atoms with Crippen LogP contribution in [0.4, 0.5) is 0 Å². The number of nitrogens with two attached hydrogens (primary N) is 1. The van der Waals surface area contributed by atoms with Crippen LogP contribution < -0.4 is 15.8 Å². The molecule has 2 aromatic rings. The van der Waals surface area contributed by atoms with E-state index >= 15 is 0 Å². The molecule has 4 N–H and O–H groups in total. The maximum Gasteiger partial charge on any atom is 0.251 e. The Bertz CT molecular complexity index is 976. The summed E-state index contributed by atoms with van der Waals surface area (Å²) in [6.07, 6.45) is 2.43. The number of aromatic hydroxyl groups is 1. The van der Waals surface area contributed by atoms with Gasteiger partial charge in [0, 0.05) is 54.8 Å². The average Bonchev–Trinajstić information content (AvgIpc) is 2.78. The number of phenolic OH excluding ortho intramolecular Hbond substituents is 1. The molecule has 1 aliphatic rings. The third-order valence-electron chi connectivity index (χ3n) is 5.53. The number of carbonyl (C=O) groups excluding carboxylic acids is 1. The van der Waals surface area contributed by atoms with Crippen LogP contribution in [0.3, 0.4) is 0 Å². The molecule has 0 aliphatic carbocycles. The van der Waals surface area contributed by atoms with E-state index in [1.54, 1.807) is 25.2 Å². The molecule has 1 fully saturated rings. The van der Waals surface area contributed by atoms with Crippen molar-refractivity contribution in [3.8, 4) is 11.5 Å². The van der Waals surface area contributed by atoms with Gasteiger partial charge in [0.2, 0.25) is 0 Å². The fourth-order valence-electron chi connectivity index (χ4n) is 3.65. The molecule has 0 atom stereocenters. The van der Waals surface area contributed by atoms with E-state index < -0.39 is 0 Å². The summed E-state index contributed by atoms with van der Waals surface area (Å²) in [5.74, 6) is 1.07. The summed E-state index contributed by atoms with van der Waals surface area (Å²) < 4.78 is 5.75. The second kappa shape index (κ2) is 11.3. The highest BCUT2D eigenvalue weighted by Gasteiger charge is 2.21. The van der Waals surface area contributed by atoms with Crippen molar-refractivity contribution >= 4 is 35.1 Å². The number of rotatable bonds is 7. The Kier molecular flexibility index (Phi) is 8.47. The molecule has 1 saturated heterocycles. The van der Waals surface area contributed by atoms with E-state index in [9.17, 15) is 9.90 Å². The number of guanidine groups is 1. The van der Waals surface area contributed by atoms with Crippen LogP contribution in [0.15, 0.2) is 41.4 Å². The molecule has 0 aromatic heterocycles. The lowest BCUT2D eigenvalue weighted by Crippen LogP contribution is -2.44. The van der Waals surface area contributed by atoms with Gasteiger partial charge in [-0.3, -0.25) is 9.79 Å². The number of amides is 1. The smallest absolute Gasteiger partial charge is 0.251 e. The van der Waals surface area contributed by atoms with E-state index in [4.69, 9.17) is 33.7 Å². The molecular weight excluding hydrogens is 451 g/mol. The lowest BCUT2D eigenvalue weighted by Gasteiger charge is -2.32. The first kappa shape index (κ1) is 24.0. The van der Waals surface area contributed by atoms with Crippen molar-refractivity contribution < 1.29 is 14.6 Å². The molecule has 0 bridgehead atoms. The summed E-state index contributed by atoms with van der Waals surface area (Å²) in [6.45, 7) is 2.56. The number of benzene rings is 2. The lowest BCUT2D eigenvalue weighted by atomic mass is 9.97. The van der Waals surface area contributed by atoms with Gasteiger partial charge in [-0.25, -0.2) is 0 Å². The predicted molar refractivity (Wildman–Crippen MR) is 128 cm³/mol. The summed E-state index contributed by atoms with van der Waals surface area (Å²) in [4.78, 5) is 18.7. The Labute approximate surface area is 198 Å². The maximum absolute atomic E-state index is 12.6. The molecule has 7 nitrogen and oxygen atoms in total. The zero-order valence-electron chi connectivity index (χ0n) is 18.0. The largest absolute Gasteiger partial charge is 0.508 e. The number of likely N-dealkylation sites (tertiary alicyclic amines) is 1. The number of carbonyl (C=O) groups is 1. The molecule has 0 spiro atoms. The topological polar surface area (TPSA) is 100 Å². The second-order valence-corrected chi connectivity index (χ2v) is 8.62. The van der Waals surface area contributed by atoms with Gasteiger partial charge >= 0.3 is 0 Å². The van der Waals surface area contributed by atoms with Crippen LogP contribution in [0.25, 0.3) is 0 Å². The Balaban J connectivity index is 1.50. The molecule has 1 aliphatic heterocycles. The summed E-state index contributed by atoms with van der Waals surface area (Å²) >= 11 is 12.1. The van der Waals surface area contributed by atoms with Crippen LogP contribution in [0.5, 0.6) is 11.5 Å². The van der Waals surface area contributed by atoms with E-state index in [1.807, 2.05) is 11.0 Å². The SMILES string of the molecule is CN=C(N)N1CCC(CNC(=O)c2cc(O)cc(OCCc3ccc(Cl)cc3Cl)c2)CC1. The van der Waals surface area contributed by atoms with Gasteiger partial charge in [0.25, 0.3) is 5.91 Å². The number of aliphatic imine (C=N–C) groups is 1. The molecule has 0 radical (unpaired) electrons. The number of hydrogen-bond donors (Lipinski definition) is 3. The number of nitrogens with one attached hydrogen (secondary N) is 1. The minimum Gasteiger partial charge on any atom is -0.508 e. The van der Waals surface area contributed by atoms with Crippen LogP contribution in [-0.4, -0.2) is 55.2 Å². The summed E-state index contributed by atoms with van der Waals surface area (Å²) in [5.41, 5.74) is 7.12. The zero-order chi connectivity index (χ0) is 23.1. The number of piperidine rings is 1. The molecule has 32 heavy (non-hydrogen) atoms. The molecular formula is C23H28Cl2N4O3. The number of hydrogen-bond acceptors (Lipinski definition) is 4. The standard InChI is InChI=1S/C23H28Cl2N4O3/c1-27-23(26)29-7-4-15(5-8-29)14-28-22(31)17-10-19(30)13-20(11-17)32-9-6-16-2-3-18(24)12-21(16)25/h2-3,10-13,15,30H,4-9,14H2,1H3,(H2,26,27)(H,28,31). The Morgan fingerprint density at radius 1 is 1.25 bits per heavy atom. The third-order valence-corrected chi connectivity index (χ3v) is 6.11. The fourth-order valence-corrected chi connectivity index (χ4v) is 4.15. The highest BCUT2D eigenvalue weighted by molar-refractivity contribution is 6.35. The van der Waals surface area contributed by atoms with Crippen LogP contribution in [0.2, 0.25) is 10.0 Å². The quantitative estimate of drug-likeness (QED) is 0.415. The van der Waals surface area contributed by atoms with Gasteiger partial charge in [-0.05, 0) is 48.6 Å². The molecule has 172 valence electrons. The van der Waals surface area contributed by atoms with Crippen molar-refractivity contribution in [2.45, 2.75) is 19.3 Å². The average molecular weight is 479 g/mol. The van der Waals surface area contributed by atoms with Gasteiger partial charge in [0.05, 0.1) is 6.61 Å². The number of ether oxygens (including phenoxy) is 1. The second-order valence-electron chi connectivity index (χ2n) is 7.77. The molecule has 9 heteroatoms. The normalized spacial score (nSPS) is 15.0. The zero-order valence-corrected chi connectivity index (χ0v) is 19.5. The van der Waals surface area contributed by atoms with Crippen molar-refractivity contribution in [3.05, 3.63) is 57.6 Å². The minimum atomic E-state index is -0.247. The van der Waals surface area contributed by atoms with E-state index in [2.05, 4.69) is 10.3 Å². The fraction of sp³-hybridized carbons (Fsp3) is 0.391. The summed E-state index contributed by atoms with van der Waals surface area (Å²) in [6, 6.07) is 9.85. The van der Waals surface area contributed by atoms with E-state index in [1.165, 1.54) is 12.1 Å². The van der Waals surface area contributed by atoms with Crippen molar-refractivity contribution in [1.82, 2.24) is 10.2 Å². The van der Waals surface area contributed by atoms with E-state index in [-0.39, 0.29) is 11.7 Å². The van der Waals surface area contributed by atoms with Crippen LogP contribution in [0, 0.1) is 5.92 Å². The van der Waals surface area contributed by atoms with E-state index in [0.29, 0.717) is 52.8 Å². The highest BCUT2D eigenvalue weighted by atomic mass is 35.5. The summed E-state index contributed by atoms with van der Waals surface area (Å²) in [5, 5.41) is 14.1. The first-order valence-corrected chi connectivity index (χ1v) is 11.3. The van der Waals surface area contributed by atoms with Gasteiger partial charge in [0.15, 0.2) is 5.96 Å². The van der Waals surface area contributed by atoms with Crippen LogP contribution >= 0.6 is 23.2 Å². The van der Waals surface area contributed by atoms with Crippen LogP contribution in [0.1, 0.15) is 28.8 Å². The Morgan fingerprint density at radius 2 is 2.00 bits per heavy atom. The number of phenols is 1. The third kappa shape index (κ3) is 6.68. The molecule has 0 unspecified atom stereocenters. The van der Waals surface area contributed by atoms with Gasteiger partial charge < -0.3 is 25.8 Å². The molecule has 1 amide bonds. The van der Waals surface area contributed by atoms with Crippen molar-refractivity contribution in [1.29, 1.82) is 0 Å². The maximum atomic E-state index is 12.6. The van der Waals surface area contributed by atoms with Gasteiger partial charge in [0.1, 0.15) is 11.5 Å². The van der Waals surface area contributed by atoms with Gasteiger partial charge in [-0.2, -0.15) is 0 Å². The van der Waals surface area contributed by atoms with Crippen LogP contribution in [-0.2, 0) is 6.42 Å². The Hall–Kier alpha value is -2.64. The molecule has 3 rings (SSSR count). The monoisotopic (exact) mass is 478 g/mol. The van der Waals surface area contributed by atoms with Gasteiger partial charge in [-0.15, -0.1) is 0 Å². The first-order chi connectivity index (χ1) is 15.4. The van der Waals surface area contributed by atoms with Crippen molar-refractivity contribution in [3.63, 3.8) is 0 Å². The summed E-state index contributed by atoms with van der Waals surface area (Å²) in [7, 11) is 1.68. The number of nitrogens with zero attached hydrogens (tertiary/aromatic N) is 2. The van der Waals surface area contributed by atoms with Gasteiger partial charge in [-0.1, -0.05) is 29.3 Å². The Morgan fingerprint density at radius 3 is 2.69 bits per heavy atom. The lowest BCUT2D eigenvalue weighted by molar-refractivity contribution is 0.0940.